The maximum Gasteiger partial charge on any atom is 0.341 e. The van der Waals surface area contributed by atoms with E-state index in [-0.39, 0.29) is 33.4 Å². The highest BCUT2D eigenvalue weighted by Crippen LogP contribution is 2.37. The summed E-state index contributed by atoms with van der Waals surface area (Å²) in [5.41, 5.74) is 0.931. The van der Waals surface area contributed by atoms with Gasteiger partial charge in [-0.2, -0.15) is 0 Å². The number of hydrogen-bond donors (Lipinski definition) is 1. The molecule has 0 fully saturated rings. The van der Waals surface area contributed by atoms with Crippen molar-refractivity contribution in [3.63, 3.8) is 0 Å². The van der Waals surface area contributed by atoms with Gasteiger partial charge in [0.25, 0.3) is 11.6 Å². The van der Waals surface area contributed by atoms with E-state index in [9.17, 15) is 24.1 Å². The van der Waals surface area contributed by atoms with Crippen molar-refractivity contribution in [2.45, 2.75) is 6.92 Å². The van der Waals surface area contributed by atoms with Crippen LogP contribution in [-0.2, 0) is 4.74 Å². The van der Waals surface area contributed by atoms with Crippen LogP contribution in [0.1, 0.15) is 27.6 Å². The van der Waals surface area contributed by atoms with E-state index < -0.39 is 22.6 Å². The Kier molecular flexibility index (Phi) is 6.43. The highest BCUT2D eigenvalue weighted by Gasteiger charge is 2.24. The third-order valence-corrected chi connectivity index (χ3v) is 5.27. The number of esters is 1. The number of thiophene rings is 1. The molecule has 0 aliphatic rings. The van der Waals surface area contributed by atoms with E-state index in [1.54, 1.807) is 12.3 Å². The highest BCUT2D eigenvalue weighted by atomic mass is 35.5. The first kappa shape index (κ1) is 21.4. The number of halogens is 2. The smallest absolute Gasteiger partial charge is 0.341 e. The van der Waals surface area contributed by atoms with Gasteiger partial charge in [-0.25, -0.2) is 9.18 Å². The van der Waals surface area contributed by atoms with Crippen LogP contribution in [-0.4, -0.2) is 23.4 Å². The van der Waals surface area contributed by atoms with Crippen LogP contribution in [0.3, 0.4) is 0 Å². The van der Waals surface area contributed by atoms with E-state index in [4.69, 9.17) is 16.3 Å². The number of carbonyl (C=O) groups excluding carboxylic acids is 2. The van der Waals surface area contributed by atoms with E-state index >= 15 is 0 Å². The maximum absolute atomic E-state index is 13.3. The largest absolute Gasteiger partial charge is 0.462 e. The molecular formula is C20H14ClFN2O5S. The Bertz CT molecular complexity index is 1130. The molecule has 10 heteroatoms. The van der Waals surface area contributed by atoms with E-state index in [2.05, 4.69) is 5.32 Å². The van der Waals surface area contributed by atoms with Crippen LogP contribution in [0.5, 0.6) is 0 Å². The number of nitrogens with zero attached hydrogens (tertiary/aromatic N) is 1. The molecule has 0 saturated heterocycles. The molecule has 0 aliphatic carbocycles. The zero-order chi connectivity index (χ0) is 21.8. The van der Waals surface area contributed by atoms with Crippen molar-refractivity contribution in [1.82, 2.24) is 0 Å². The van der Waals surface area contributed by atoms with Gasteiger partial charge in [0.2, 0.25) is 0 Å². The molecule has 0 radical (unpaired) electrons. The molecule has 1 aromatic heterocycles. The number of non-ortho nitro benzene ring substituents is 1. The Morgan fingerprint density at radius 3 is 2.53 bits per heavy atom. The zero-order valence-corrected chi connectivity index (χ0v) is 17.1. The number of amides is 1. The Morgan fingerprint density at radius 2 is 1.93 bits per heavy atom. The number of hydrogen-bond acceptors (Lipinski definition) is 6. The van der Waals surface area contributed by atoms with Gasteiger partial charge in [0.1, 0.15) is 16.4 Å². The summed E-state index contributed by atoms with van der Waals surface area (Å²) in [6.45, 7) is 1.77. The number of nitrogens with one attached hydrogen (secondary N) is 1. The third kappa shape index (κ3) is 4.47. The lowest BCUT2D eigenvalue weighted by Gasteiger charge is -2.09. The second-order valence-electron chi connectivity index (χ2n) is 5.96. The number of rotatable bonds is 6. The fourth-order valence-corrected chi connectivity index (χ4v) is 3.88. The van der Waals surface area contributed by atoms with Crippen LogP contribution in [0, 0.1) is 15.9 Å². The molecule has 7 nitrogen and oxygen atoms in total. The van der Waals surface area contributed by atoms with Crippen LogP contribution < -0.4 is 5.32 Å². The summed E-state index contributed by atoms with van der Waals surface area (Å²) in [6.07, 6.45) is 0. The number of nitro benzene ring substituents is 1. The van der Waals surface area contributed by atoms with Gasteiger partial charge >= 0.3 is 5.97 Å². The van der Waals surface area contributed by atoms with Crippen molar-refractivity contribution in [1.29, 1.82) is 0 Å². The third-order valence-electron chi connectivity index (χ3n) is 4.06. The number of nitro groups is 1. The lowest BCUT2D eigenvalue weighted by molar-refractivity contribution is -0.384. The van der Waals surface area contributed by atoms with Gasteiger partial charge in [0, 0.05) is 23.1 Å². The Balaban J connectivity index is 1.97. The van der Waals surface area contributed by atoms with Gasteiger partial charge in [0.15, 0.2) is 0 Å². The molecule has 0 aliphatic heterocycles. The lowest BCUT2D eigenvalue weighted by Crippen LogP contribution is -2.15. The Morgan fingerprint density at radius 1 is 1.23 bits per heavy atom. The molecule has 0 spiro atoms. The summed E-state index contributed by atoms with van der Waals surface area (Å²) in [5, 5.41) is 15.2. The van der Waals surface area contributed by atoms with Gasteiger partial charge < -0.3 is 10.1 Å². The molecule has 0 saturated carbocycles. The normalized spacial score (nSPS) is 10.5. The minimum absolute atomic E-state index is 0.00816. The summed E-state index contributed by atoms with van der Waals surface area (Å²) in [5.74, 6) is -1.72. The van der Waals surface area contributed by atoms with E-state index in [1.165, 1.54) is 30.3 Å². The second-order valence-corrected chi connectivity index (χ2v) is 7.24. The monoisotopic (exact) mass is 448 g/mol. The molecule has 2 aromatic carbocycles. The van der Waals surface area contributed by atoms with E-state index in [1.807, 2.05) is 0 Å². The predicted molar refractivity (Wildman–Crippen MR) is 112 cm³/mol. The van der Waals surface area contributed by atoms with Crippen molar-refractivity contribution in [3.05, 3.63) is 79.9 Å². The summed E-state index contributed by atoms with van der Waals surface area (Å²) in [7, 11) is 0. The average molecular weight is 449 g/mol. The van der Waals surface area contributed by atoms with Crippen LogP contribution in [0.2, 0.25) is 5.02 Å². The molecule has 1 heterocycles. The van der Waals surface area contributed by atoms with Gasteiger partial charge in [-0.3, -0.25) is 14.9 Å². The van der Waals surface area contributed by atoms with Crippen LogP contribution in [0.15, 0.2) is 47.8 Å². The van der Waals surface area contributed by atoms with Crippen LogP contribution in [0.25, 0.3) is 11.1 Å². The first-order chi connectivity index (χ1) is 14.3. The standard InChI is InChI=1S/C20H14ClFN2O5S/c1-2-29-20(26)17-15(11-3-5-12(22)6-4-11)10-30-19(17)23-18(25)14-8-7-13(24(27)28)9-16(14)21/h3-10H,2H2,1H3,(H,23,25). The number of ether oxygens (including phenoxy) is 1. The zero-order valence-electron chi connectivity index (χ0n) is 15.5. The molecule has 3 aromatic rings. The molecule has 0 bridgehead atoms. The summed E-state index contributed by atoms with van der Waals surface area (Å²) in [4.78, 5) is 35.4. The second kappa shape index (κ2) is 9.02. The summed E-state index contributed by atoms with van der Waals surface area (Å²) >= 11 is 7.10. The van der Waals surface area contributed by atoms with Crippen molar-refractivity contribution in [2.24, 2.45) is 0 Å². The fraction of sp³-hybridized carbons (Fsp3) is 0.100. The van der Waals surface area contributed by atoms with Crippen molar-refractivity contribution >= 4 is 45.5 Å². The van der Waals surface area contributed by atoms with Crippen molar-refractivity contribution in [2.75, 3.05) is 11.9 Å². The minimum atomic E-state index is -0.650. The first-order valence-electron chi connectivity index (χ1n) is 8.61. The summed E-state index contributed by atoms with van der Waals surface area (Å²) in [6, 6.07) is 9.01. The van der Waals surface area contributed by atoms with E-state index in [0.717, 1.165) is 23.5 Å². The van der Waals surface area contributed by atoms with Crippen molar-refractivity contribution in [3.8, 4) is 11.1 Å². The highest BCUT2D eigenvalue weighted by molar-refractivity contribution is 7.15. The molecule has 30 heavy (non-hydrogen) atoms. The van der Waals surface area contributed by atoms with Gasteiger partial charge in [-0.15, -0.1) is 11.3 Å². The average Bonchev–Trinajstić information content (AvgIpc) is 3.12. The molecule has 3 rings (SSSR count). The molecule has 1 N–H and O–H groups in total. The molecule has 154 valence electrons. The SMILES string of the molecule is CCOC(=O)c1c(-c2ccc(F)cc2)csc1NC(=O)c1ccc([N+](=O)[O-])cc1Cl. The molecule has 1 amide bonds. The molecule has 0 unspecified atom stereocenters. The predicted octanol–water partition coefficient (Wildman–Crippen LogP) is 5.54. The molecular weight excluding hydrogens is 435 g/mol. The summed E-state index contributed by atoms with van der Waals surface area (Å²) < 4.78 is 18.4. The molecule has 0 atom stereocenters. The quantitative estimate of drug-likeness (QED) is 0.303. The number of anilines is 1. The van der Waals surface area contributed by atoms with Crippen LogP contribution >= 0.6 is 22.9 Å². The Hall–Kier alpha value is -3.30. The maximum atomic E-state index is 13.3. The number of carbonyl (C=O) groups is 2. The van der Waals surface area contributed by atoms with E-state index in [0.29, 0.717) is 11.1 Å². The van der Waals surface area contributed by atoms with Gasteiger partial charge in [-0.1, -0.05) is 23.7 Å². The Labute approximate surface area is 179 Å². The van der Waals surface area contributed by atoms with Gasteiger partial charge in [0.05, 0.1) is 22.1 Å². The van der Waals surface area contributed by atoms with Crippen molar-refractivity contribution < 1.29 is 23.6 Å². The first-order valence-corrected chi connectivity index (χ1v) is 9.87. The van der Waals surface area contributed by atoms with Crippen LogP contribution in [0.4, 0.5) is 15.1 Å². The fourth-order valence-electron chi connectivity index (χ4n) is 2.67. The minimum Gasteiger partial charge on any atom is -0.462 e. The lowest BCUT2D eigenvalue weighted by atomic mass is 10.0. The number of benzene rings is 2. The van der Waals surface area contributed by atoms with Gasteiger partial charge in [-0.05, 0) is 30.7 Å². The topological polar surface area (TPSA) is 98.5 Å².